The number of aryl methyl sites for hydroxylation is 2. The highest BCUT2D eigenvalue weighted by Gasteiger charge is 2.72. The zero-order valence-corrected chi connectivity index (χ0v) is 65.9. The Hall–Kier alpha value is -15.8. The van der Waals surface area contributed by atoms with Crippen molar-refractivity contribution in [3.05, 3.63) is 344 Å². The molecule has 0 spiro atoms. The number of hydrogen-bond acceptors (Lipinski definition) is 24. The molecule has 1 aliphatic carbocycles. The van der Waals surface area contributed by atoms with E-state index in [2.05, 4.69) is 39.0 Å². The second-order valence-corrected chi connectivity index (χ2v) is 25.9. The summed E-state index contributed by atoms with van der Waals surface area (Å²) in [4.78, 5) is 106. The Morgan fingerprint density at radius 3 is 0.836 bits per heavy atom. The lowest BCUT2D eigenvalue weighted by Crippen LogP contribution is -2.54. The average Bonchev–Trinajstić information content (AvgIpc) is 1.17. The lowest BCUT2D eigenvalue weighted by molar-refractivity contribution is -0.288. The number of hydrogen-bond donors (Lipinski definition) is 0. The van der Waals surface area contributed by atoms with Crippen LogP contribution in [-0.2, 0) is 75.5 Å². The highest BCUT2D eigenvalue weighted by Crippen LogP contribution is 2.57. The SMILES string of the molecule is C.C.C.C.C.C.C.C.C.C.C=CC(=O)OCOc1ccc(-c2ccc(C#N)cc2)cc1.C=CC(=O)OCOc1ccc(C(=O)Oc2ccc3c(c2)C(C)c2cc(OC(=O)c4ccc(OCOC(=O)C=C)cc4)ccc2-3)cc1.C=CC(=O)OCOc1ccc(CCC(=O)Oc2ccc(C(c3ccc(OC(=O)CCc4ccc(OCOC(=O)C=C)cc4)cc3)(C(F)(F)F)C(F)(F)F)cc2)cc1. The fraction of sp³-hybridized carbons (Fsp3) is 0.231. The van der Waals surface area contributed by atoms with Crippen LogP contribution in [0.1, 0.15) is 160 Å². The molecule has 24 nitrogen and oxygen atoms in total. The van der Waals surface area contributed by atoms with E-state index < -0.39 is 82.6 Å². The average molecular weight is 1860 g/mol. The number of carbonyl (C=O) groups excluding carboxylic acids is 9. The van der Waals surface area contributed by atoms with Gasteiger partial charge in [-0.25, -0.2) is 33.6 Å². The first-order valence-corrected chi connectivity index (χ1v) is 37.1. The number of carbonyl (C=O) groups is 9. The zero-order valence-electron chi connectivity index (χ0n) is 65.9. The van der Waals surface area contributed by atoms with Gasteiger partial charge in [-0.05, 0) is 214 Å². The van der Waals surface area contributed by atoms with Gasteiger partial charge in [0.1, 0.15) is 51.7 Å². The van der Waals surface area contributed by atoms with Crippen molar-refractivity contribution < 1.29 is 136 Å². The number of fused-ring (bicyclic) bond motifs is 3. The molecule has 0 heterocycles. The molecular formula is C104H115F6NO23. The van der Waals surface area contributed by atoms with Gasteiger partial charge >= 0.3 is 66.1 Å². The van der Waals surface area contributed by atoms with E-state index in [1.807, 2.05) is 55.5 Å². The minimum Gasteiger partial charge on any atom is -0.457 e. The van der Waals surface area contributed by atoms with Gasteiger partial charge in [-0.2, -0.15) is 31.6 Å². The zero-order chi connectivity index (χ0) is 89.4. The molecule has 0 saturated heterocycles. The van der Waals surface area contributed by atoms with Crippen molar-refractivity contribution in [2.24, 2.45) is 0 Å². The van der Waals surface area contributed by atoms with Gasteiger partial charge in [-0.15, -0.1) is 0 Å². The number of esters is 9. The monoisotopic (exact) mass is 1860 g/mol. The number of benzene rings is 10. The number of ether oxygens (including phenoxy) is 14. The summed E-state index contributed by atoms with van der Waals surface area (Å²) in [6.07, 6.45) is -6.68. The van der Waals surface area contributed by atoms with Gasteiger partial charge in [0.25, 0.3) is 0 Å². The van der Waals surface area contributed by atoms with Gasteiger partial charge in [0, 0.05) is 49.1 Å². The molecule has 134 heavy (non-hydrogen) atoms. The molecular weight excluding hydrogens is 1750 g/mol. The fourth-order valence-corrected chi connectivity index (χ4v) is 11.7. The first-order chi connectivity index (χ1) is 59.5. The molecule has 10 aromatic carbocycles. The third-order valence-electron chi connectivity index (χ3n) is 18.0. The Kier molecular flexibility index (Phi) is 52.0. The van der Waals surface area contributed by atoms with Gasteiger partial charge in [-0.1, -0.05) is 199 Å². The molecule has 0 fully saturated rings. The Morgan fingerprint density at radius 1 is 0.328 bits per heavy atom. The maximum absolute atomic E-state index is 14.7. The maximum Gasteiger partial charge on any atom is 0.411 e. The van der Waals surface area contributed by atoms with Gasteiger partial charge in [0.05, 0.1) is 22.8 Å². The quantitative estimate of drug-likeness (QED) is 0.00889. The van der Waals surface area contributed by atoms with Crippen LogP contribution in [0.3, 0.4) is 0 Å². The molecule has 0 saturated carbocycles. The van der Waals surface area contributed by atoms with E-state index in [4.69, 9.17) is 71.6 Å². The van der Waals surface area contributed by atoms with Gasteiger partial charge < -0.3 is 66.3 Å². The Balaban J connectivity index is 0. The van der Waals surface area contributed by atoms with E-state index in [0.717, 1.165) is 88.0 Å². The Labute approximate surface area is 779 Å². The van der Waals surface area contributed by atoms with Crippen LogP contribution in [0.4, 0.5) is 26.3 Å². The van der Waals surface area contributed by atoms with E-state index in [9.17, 15) is 69.5 Å². The van der Waals surface area contributed by atoms with Crippen LogP contribution < -0.4 is 42.6 Å². The molecule has 0 bridgehead atoms. The van der Waals surface area contributed by atoms with Crippen LogP contribution in [0.25, 0.3) is 22.3 Å². The second-order valence-electron chi connectivity index (χ2n) is 25.9. The van der Waals surface area contributed by atoms with Gasteiger partial charge in [-0.3, -0.25) is 9.59 Å². The molecule has 716 valence electrons. The lowest BCUT2D eigenvalue weighted by Gasteiger charge is -2.38. The summed E-state index contributed by atoms with van der Waals surface area (Å²) in [6, 6.07) is 58.6. The molecule has 0 aromatic heterocycles. The number of nitriles is 1. The summed E-state index contributed by atoms with van der Waals surface area (Å²) in [5.41, 5.74) is 1.68. The van der Waals surface area contributed by atoms with E-state index in [1.165, 1.54) is 0 Å². The molecule has 0 amide bonds. The summed E-state index contributed by atoms with van der Waals surface area (Å²) < 4.78 is 160. The predicted molar refractivity (Wildman–Crippen MR) is 502 cm³/mol. The summed E-state index contributed by atoms with van der Waals surface area (Å²) >= 11 is 0. The first-order valence-electron chi connectivity index (χ1n) is 37.1. The molecule has 30 heteroatoms. The molecule has 11 rings (SSSR count). The molecule has 0 atom stereocenters. The predicted octanol–water partition coefficient (Wildman–Crippen LogP) is 24.3. The van der Waals surface area contributed by atoms with Crippen molar-refractivity contribution in [1.29, 1.82) is 5.26 Å². The topological polar surface area (TPSA) is 307 Å². The third-order valence-corrected chi connectivity index (χ3v) is 18.0. The molecule has 0 unspecified atom stereocenters. The third kappa shape index (κ3) is 34.2. The summed E-state index contributed by atoms with van der Waals surface area (Å²) in [5, 5.41) is 8.77. The number of rotatable bonds is 35. The van der Waals surface area contributed by atoms with E-state index in [-0.39, 0.29) is 151 Å². The minimum atomic E-state index is -5.89. The van der Waals surface area contributed by atoms with Crippen molar-refractivity contribution in [2.45, 2.75) is 131 Å². The number of halogens is 6. The first kappa shape index (κ1) is 120. The summed E-state index contributed by atoms with van der Waals surface area (Å²) in [5.74, 6) is -3.41. The van der Waals surface area contributed by atoms with E-state index in [1.54, 1.807) is 133 Å². The van der Waals surface area contributed by atoms with Crippen molar-refractivity contribution in [3.63, 3.8) is 0 Å². The van der Waals surface area contributed by atoms with Crippen molar-refractivity contribution in [3.8, 4) is 80.1 Å². The molecule has 10 aromatic rings. The lowest BCUT2D eigenvalue weighted by atomic mass is 9.73. The van der Waals surface area contributed by atoms with Crippen LogP contribution in [-0.4, -0.2) is 100 Å². The number of nitrogens with zero attached hydrogens (tertiary/aromatic N) is 1. The fourth-order valence-electron chi connectivity index (χ4n) is 11.7. The standard InChI is InChI=1S/C41H34F6O10.C36H28O10.C17H13NO3.10CH4/c1-3-35(48)54-25-52-31-15-5-27(6-16-31)9-23-37(50)56-33-19-11-29(12-20-33)39(40(42,43)44,41(45,46)47)30-13-21-34(22-14-30)57-38(51)24-10-28-7-17-32(18-8-28)53-26-55-36(49)4-2;1-4-33(37)43-20-41-25-10-6-23(7-11-25)35(39)45-27-14-16-29-30-17-15-28(19-32(30)22(3)31(29)18-27)46-36(40)24-8-12-26(13-9-24)42-21-44-34(38)5-2;1-2-17(19)21-12-20-16-9-7-15(8-10-16)14-5-3-13(11-18)4-6-14;;;;;;;;;;/h3-8,11-22H,1-2,9-10,23-26H2;4-19,22H,1-2,20-21H2,3H3;2-10H,1,12H2;10*1H4. The van der Waals surface area contributed by atoms with Crippen LogP contribution in [0, 0.1) is 11.3 Å². The van der Waals surface area contributed by atoms with Crippen LogP contribution >= 0.6 is 0 Å². The van der Waals surface area contributed by atoms with E-state index >= 15 is 0 Å². The van der Waals surface area contributed by atoms with E-state index in [0.29, 0.717) is 92.3 Å². The Morgan fingerprint density at radius 2 is 0.575 bits per heavy atom. The smallest absolute Gasteiger partial charge is 0.411 e. The van der Waals surface area contributed by atoms with Crippen LogP contribution in [0.5, 0.6) is 51.7 Å². The van der Waals surface area contributed by atoms with Crippen molar-refractivity contribution >= 4 is 53.7 Å². The normalized spacial score (nSPS) is 10.3. The van der Waals surface area contributed by atoms with Gasteiger partial charge in [0.15, 0.2) is 0 Å². The molecule has 0 N–H and O–H groups in total. The van der Waals surface area contributed by atoms with Gasteiger partial charge in [0.2, 0.25) is 39.4 Å². The minimum absolute atomic E-state index is 0. The van der Waals surface area contributed by atoms with Crippen molar-refractivity contribution in [2.75, 3.05) is 34.0 Å². The molecule has 0 radical (unpaired) electrons. The van der Waals surface area contributed by atoms with Crippen LogP contribution in [0.2, 0.25) is 0 Å². The highest BCUT2D eigenvalue weighted by molar-refractivity contribution is 5.93. The Bertz CT molecular complexity index is 5240. The molecule has 0 aliphatic heterocycles. The maximum atomic E-state index is 14.7. The van der Waals surface area contributed by atoms with Crippen molar-refractivity contribution in [1.82, 2.24) is 0 Å². The second kappa shape index (κ2) is 58.0. The summed E-state index contributed by atoms with van der Waals surface area (Å²) in [7, 11) is 0. The highest BCUT2D eigenvalue weighted by atomic mass is 19.4. The van der Waals surface area contributed by atoms with Crippen LogP contribution in [0.15, 0.2) is 294 Å². The number of alkyl halides is 6. The largest absolute Gasteiger partial charge is 0.457 e. The molecule has 1 aliphatic rings. The summed E-state index contributed by atoms with van der Waals surface area (Å²) in [6.45, 7) is 17.1.